The van der Waals surface area contributed by atoms with Crippen LogP contribution in [-0.4, -0.2) is 24.9 Å². The van der Waals surface area contributed by atoms with Crippen molar-refractivity contribution in [3.05, 3.63) is 11.6 Å². The van der Waals surface area contributed by atoms with Gasteiger partial charge in [-0.05, 0) is 0 Å². The summed E-state index contributed by atoms with van der Waals surface area (Å²) in [6, 6.07) is 1.19. The number of hydrogen-bond donors (Lipinski definition) is 4. The van der Waals surface area contributed by atoms with Gasteiger partial charge in [0.15, 0.2) is 17.8 Å². The number of hydrogen-bond acceptors (Lipinski definition) is 8. The Labute approximate surface area is 96.7 Å². The number of aliphatic hydroxyl groups is 2. The van der Waals surface area contributed by atoms with Crippen LogP contribution < -0.4 is 19.8 Å². The maximum Gasteiger partial charge on any atom is 0.501 e. The first-order valence-corrected chi connectivity index (χ1v) is 5.84. The first-order chi connectivity index (χ1) is 7.80. The minimum Gasteiger partial charge on any atom is -0.398 e. The third-order valence-electron chi connectivity index (χ3n) is 2.18. The quantitative estimate of drug-likeness (QED) is 0.381. The van der Waals surface area contributed by atoms with E-state index in [4.69, 9.17) is 21.7 Å². The van der Waals surface area contributed by atoms with Gasteiger partial charge in [0.25, 0.3) is 0 Å². The van der Waals surface area contributed by atoms with Crippen LogP contribution in [0.4, 0.5) is 11.4 Å². The van der Waals surface area contributed by atoms with Gasteiger partial charge in [-0.2, -0.15) is 0 Å². The van der Waals surface area contributed by atoms with E-state index < -0.39 is 16.7 Å². The first kappa shape index (κ1) is 11.8. The largest absolute Gasteiger partial charge is 0.501 e. The third kappa shape index (κ3) is 2.07. The summed E-state index contributed by atoms with van der Waals surface area (Å²) in [4.78, 5) is 0. The standard InChI is InChI=1S/C8H10N2O6S/c9-4-2-5-7(10)8(3(4)1-6(11)12)16-17(13,14)15-5/h2,6,11-12H,1,9-10H2. The van der Waals surface area contributed by atoms with Gasteiger partial charge >= 0.3 is 10.4 Å². The molecule has 1 aliphatic heterocycles. The SMILES string of the molecule is Nc1cc2c(N)c(c1CC(O)O)OS(=O)(=O)O2. The first-order valence-electron chi connectivity index (χ1n) is 4.51. The fourth-order valence-corrected chi connectivity index (χ4v) is 2.28. The molecule has 0 saturated carbocycles. The zero-order valence-electron chi connectivity index (χ0n) is 8.45. The molecule has 94 valence electrons. The normalized spacial score (nSPS) is 16.4. The van der Waals surface area contributed by atoms with Gasteiger partial charge in [0.2, 0.25) is 0 Å². The lowest BCUT2D eigenvalue weighted by molar-refractivity contribution is -0.0383. The molecule has 6 N–H and O–H groups in total. The van der Waals surface area contributed by atoms with E-state index in [-0.39, 0.29) is 34.9 Å². The topological polar surface area (TPSA) is 145 Å². The van der Waals surface area contributed by atoms with Crippen LogP contribution in [0.15, 0.2) is 6.07 Å². The van der Waals surface area contributed by atoms with Crippen molar-refractivity contribution in [1.82, 2.24) is 0 Å². The molecule has 1 heterocycles. The zero-order chi connectivity index (χ0) is 12.8. The summed E-state index contributed by atoms with van der Waals surface area (Å²) in [6.07, 6.45) is -2.01. The molecule has 0 atom stereocenters. The molecule has 0 aliphatic carbocycles. The molecule has 0 spiro atoms. The Morgan fingerprint density at radius 3 is 2.53 bits per heavy atom. The van der Waals surface area contributed by atoms with Crippen molar-refractivity contribution in [3.63, 3.8) is 0 Å². The lowest BCUT2D eigenvalue weighted by atomic mass is 10.1. The van der Waals surface area contributed by atoms with Crippen molar-refractivity contribution in [2.24, 2.45) is 0 Å². The van der Waals surface area contributed by atoms with Crippen molar-refractivity contribution in [2.75, 3.05) is 11.5 Å². The van der Waals surface area contributed by atoms with Crippen LogP contribution in [0.2, 0.25) is 0 Å². The molecular formula is C8H10N2O6S. The second kappa shape index (κ2) is 3.65. The molecule has 0 aromatic heterocycles. The number of nitrogen functional groups attached to an aromatic ring is 2. The second-order valence-corrected chi connectivity index (χ2v) is 4.59. The van der Waals surface area contributed by atoms with Gasteiger partial charge in [-0.15, -0.1) is 8.42 Å². The van der Waals surface area contributed by atoms with Crippen molar-refractivity contribution in [1.29, 1.82) is 0 Å². The Bertz CT molecular complexity index is 568. The molecule has 2 rings (SSSR count). The summed E-state index contributed by atoms with van der Waals surface area (Å²) in [5, 5.41) is 17.8. The molecule has 8 nitrogen and oxygen atoms in total. The predicted molar refractivity (Wildman–Crippen MR) is 57.4 cm³/mol. The average molecular weight is 262 g/mol. The Morgan fingerprint density at radius 1 is 1.29 bits per heavy atom. The maximum atomic E-state index is 11.2. The Balaban J connectivity index is 2.61. The molecule has 0 amide bonds. The number of anilines is 2. The molecule has 1 aromatic carbocycles. The summed E-state index contributed by atoms with van der Waals surface area (Å²) in [6.45, 7) is 0. The van der Waals surface area contributed by atoms with Gasteiger partial charge in [-0.25, -0.2) is 0 Å². The summed E-state index contributed by atoms with van der Waals surface area (Å²) in [5.41, 5.74) is 11.3. The fraction of sp³-hybridized carbons (Fsp3) is 0.250. The highest BCUT2D eigenvalue weighted by Crippen LogP contribution is 2.44. The van der Waals surface area contributed by atoms with Crippen molar-refractivity contribution in [2.45, 2.75) is 12.7 Å². The van der Waals surface area contributed by atoms with Crippen LogP contribution >= 0.6 is 0 Å². The minimum atomic E-state index is -4.23. The highest BCUT2D eigenvalue weighted by molar-refractivity contribution is 7.82. The van der Waals surface area contributed by atoms with E-state index in [1.807, 2.05) is 0 Å². The van der Waals surface area contributed by atoms with Gasteiger partial charge in [0.1, 0.15) is 5.69 Å². The predicted octanol–water partition coefficient (Wildman–Crippen LogP) is -1.28. The maximum absolute atomic E-state index is 11.2. The molecule has 1 aliphatic rings. The molecule has 0 unspecified atom stereocenters. The van der Waals surface area contributed by atoms with E-state index in [2.05, 4.69) is 8.37 Å². The molecule has 2 bridgehead atoms. The van der Waals surface area contributed by atoms with Crippen molar-refractivity contribution < 1.29 is 27.0 Å². The van der Waals surface area contributed by atoms with Crippen LogP contribution in [0.1, 0.15) is 5.56 Å². The summed E-state index contributed by atoms with van der Waals surface area (Å²) >= 11 is 0. The highest BCUT2D eigenvalue weighted by atomic mass is 32.3. The van der Waals surface area contributed by atoms with E-state index in [1.54, 1.807) is 0 Å². The summed E-state index contributed by atoms with van der Waals surface area (Å²) in [7, 11) is -4.23. The molecule has 0 saturated heterocycles. The van der Waals surface area contributed by atoms with Gasteiger partial charge in [0, 0.05) is 23.7 Å². The molecule has 1 aromatic rings. The van der Waals surface area contributed by atoms with E-state index in [1.165, 1.54) is 6.07 Å². The van der Waals surface area contributed by atoms with Crippen LogP contribution in [0.3, 0.4) is 0 Å². The number of benzene rings is 1. The minimum absolute atomic E-state index is 0.0512. The van der Waals surface area contributed by atoms with Gasteiger partial charge in [0.05, 0.1) is 0 Å². The number of nitrogens with two attached hydrogens (primary N) is 2. The molecule has 0 radical (unpaired) electrons. The second-order valence-electron chi connectivity index (χ2n) is 3.44. The van der Waals surface area contributed by atoms with Gasteiger partial charge in [-0.1, -0.05) is 0 Å². The lowest BCUT2D eigenvalue weighted by Gasteiger charge is -2.22. The average Bonchev–Trinajstić information content (AvgIpc) is 2.16. The van der Waals surface area contributed by atoms with Crippen LogP contribution in [0.5, 0.6) is 11.5 Å². The number of aliphatic hydroxyl groups excluding tert-OH is 1. The monoisotopic (exact) mass is 262 g/mol. The third-order valence-corrected chi connectivity index (χ3v) is 2.94. The molecular weight excluding hydrogens is 252 g/mol. The Hall–Kier alpha value is -1.71. The van der Waals surface area contributed by atoms with E-state index >= 15 is 0 Å². The molecule has 9 heteroatoms. The molecule has 0 fully saturated rings. The van der Waals surface area contributed by atoms with E-state index in [0.29, 0.717) is 0 Å². The zero-order valence-corrected chi connectivity index (χ0v) is 9.27. The van der Waals surface area contributed by atoms with Crippen LogP contribution in [0.25, 0.3) is 0 Å². The fourth-order valence-electron chi connectivity index (χ4n) is 1.50. The number of rotatable bonds is 2. The van der Waals surface area contributed by atoms with E-state index in [0.717, 1.165) is 0 Å². The number of fused-ring (bicyclic) bond motifs is 2. The van der Waals surface area contributed by atoms with Gasteiger partial charge in [-0.3, -0.25) is 0 Å². The summed E-state index contributed by atoms with van der Waals surface area (Å²) < 4.78 is 31.4. The summed E-state index contributed by atoms with van der Waals surface area (Å²) in [5.74, 6) is -0.362. The van der Waals surface area contributed by atoms with Crippen LogP contribution in [-0.2, 0) is 16.8 Å². The Kier molecular flexibility index (Phi) is 2.53. The van der Waals surface area contributed by atoms with Crippen LogP contribution in [0, 0.1) is 0 Å². The Morgan fingerprint density at radius 2 is 1.94 bits per heavy atom. The lowest BCUT2D eigenvalue weighted by Crippen LogP contribution is -2.24. The van der Waals surface area contributed by atoms with Gasteiger partial charge < -0.3 is 30.0 Å². The highest BCUT2D eigenvalue weighted by Gasteiger charge is 2.31. The van der Waals surface area contributed by atoms with E-state index in [9.17, 15) is 8.42 Å². The molecule has 17 heavy (non-hydrogen) atoms. The smallest absolute Gasteiger partial charge is 0.398 e. The van der Waals surface area contributed by atoms with Crippen molar-refractivity contribution >= 4 is 21.8 Å². The van der Waals surface area contributed by atoms with Crippen molar-refractivity contribution in [3.8, 4) is 11.5 Å².